The molecular formula is C138H110. The van der Waals surface area contributed by atoms with Crippen LogP contribution in [0.2, 0.25) is 0 Å². The molecule has 0 amide bonds. The molecule has 0 saturated heterocycles. The Kier molecular flexibility index (Phi) is 24.2. The number of hydrogen-bond acceptors (Lipinski definition) is 0. The van der Waals surface area contributed by atoms with Crippen LogP contribution in [0.3, 0.4) is 0 Å². The van der Waals surface area contributed by atoms with Gasteiger partial charge in [-0.05, 0) is 346 Å². The highest BCUT2D eigenvalue weighted by molar-refractivity contribution is 6.27. The Morgan fingerprint density at radius 3 is 0.986 bits per heavy atom. The molecule has 0 radical (unpaired) electrons. The molecule has 0 aliphatic rings. The van der Waals surface area contributed by atoms with E-state index in [1.807, 2.05) is 0 Å². The van der Waals surface area contributed by atoms with Crippen LogP contribution < -0.4 is 0 Å². The van der Waals surface area contributed by atoms with Crippen molar-refractivity contribution in [3.63, 3.8) is 0 Å². The monoisotopic (exact) mass is 1770 g/mol. The van der Waals surface area contributed by atoms with Crippen molar-refractivity contribution in [1.82, 2.24) is 0 Å². The molecule has 28 rings (SSSR count). The first kappa shape index (κ1) is 88.2. The van der Waals surface area contributed by atoms with Gasteiger partial charge in [-0.1, -0.05) is 469 Å². The molecule has 138 heavy (non-hydrogen) atoms. The Hall–Kier alpha value is -16.4. The molecule has 0 fully saturated rings. The molecule has 0 heterocycles. The first-order valence-corrected chi connectivity index (χ1v) is 48.5. The molecule has 0 aliphatic carbocycles. The molecule has 0 aromatic heterocycles. The standard InChI is InChI=1S/C21H20.C21H16.C19H14.C17H12.4C15H12/c1-13-9-14-5-7-16-11-18(21(2,3)4)12-17-8-6-15(10-13)19(14)20(16)17;1-15-17-11-5-7-13-19(17)21(16-9-3-2-4-10-16)20-14-8-6-12-18(15)20;1-13-10-11-18-16-8-3-2-6-14(16)15-7-4-5-9-17(15)19(18)12-13;1-11-5-6-14-8-7-12-3-2-4-13-9-10-15(11)17(14)16(12)13;1-11-14-8-4-2-6-12(14)10-13-7-3-5-9-15(11)13;1-11-10-12-6-2-3-8-14(12)15-9-5-4-7-13(11)15;1-11-5-4-8-14-9-12-6-2-3-7-13(12)10-15(11)14;1-11-6-7-14-9-12-4-2-3-5-13(12)10-15(14)8-11/h5-12H,1-4H3;2-14H,1H3;2-12H,1H3;2-10H,1H3;4*2-10H,1H3. The summed E-state index contributed by atoms with van der Waals surface area (Å²) in [6.45, 7) is 24.3. The van der Waals surface area contributed by atoms with Crippen molar-refractivity contribution in [2.24, 2.45) is 0 Å². The molecule has 0 N–H and O–H groups in total. The Bertz CT molecular complexity index is 9190. The second kappa shape index (κ2) is 37.8. The van der Waals surface area contributed by atoms with Gasteiger partial charge in [0.15, 0.2) is 0 Å². The first-order valence-electron chi connectivity index (χ1n) is 48.5. The molecule has 0 nitrogen and oxygen atoms in total. The van der Waals surface area contributed by atoms with Crippen LogP contribution in [0, 0.1) is 55.4 Å². The summed E-state index contributed by atoms with van der Waals surface area (Å²) in [7, 11) is 0. The largest absolute Gasteiger partial charge is 0.0622 e. The highest BCUT2D eigenvalue weighted by atomic mass is 14.2. The molecule has 0 atom stereocenters. The lowest BCUT2D eigenvalue weighted by atomic mass is 9.83. The van der Waals surface area contributed by atoms with Gasteiger partial charge in [-0.25, -0.2) is 0 Å². The maximum atomic E-state index is 2.36. The third-order valence-corrected chi connectivity index (χ3v) is 28.3. The van der Waals surface area contributed by atoms with Gasteiger partial charge >= 0.3 is 0 Å². The third kappa shape index (κ3) is 17.4. The SMILES string of the molecule is Cc1c2ccccc2c(-c2ccccc2)c2ccccc12.Cc1c2ccccc2cc2ccccc12.Cc1cc2ccc3cc(C(C)(C)C)cc4ccc(c1)c2c34.Cc1cc2ccccc2c2ccccc12.Cc1ccc2c3ccccc3c3ccccc3c2c1.Cc1ccc2cc3ccccc3cc2c1.Cc1ccc2ccc3cccc4ccc1c2c34.Cc1cccc2cc3ccccc3cc12. The minimum absolute atomic E-state index is 0.182. The fraction of sp³-hybridized carbons (Fsp3) is 0.0870. The maximum Gasteiger partial charge on any atom is -0.00241 e. The van der Waals surface area contributed by atoms with Gasteiger partial charge in [0.25, 0.3) is 0 Å². The lowest BCUT2D eigenvalue weighted by Gasteiger charge is -2.21. The molecule has 662 valence electrons. The van der Waals surface area contributed by atoms with Gasteiger partial charge in [-0.15, -0.1) is 0 Å². The van der Waals surface area contributed by atoms with Crippen LogP contribution in [0.4, 0.5) is 0 Å². The van der Waals surface area contributed by atoms with Crippen molar-refractivity contribution < 1.29 is 0 Å². The number of benzene rings is 28. The van der Waals surface area contributed by atoms with E-state index in [-0.39, 0.29) is 5.41 Å². The van der Waals surface area contributed by atoms with E-state index in [0.717, 1.165) is 0 Å². The summed E-state index contributed by atoms with van der Waals surface area (Å²) in [5.74, 6) is 0. The minimum Gasteiger partial charge on any atom is -0.0622 e. The number of fused-ring (bicyclic) bond motifs is 17. The number of hydrogen-bond donors (Lipinski definition) is 0. The predicted octanol–water partition coefficient (Wildman–Crippen LogP) is 39.7. The van der Waals surface area contributed by atoms with Gasteiger partial charge in [0.2, 0.25) is 0 Å². The molecule has 0 unspecified atom stereocenters. The summed E-state index contributed by atoms with van der Waals surface area (Å²) < 4.78 is 0. The van der Waals surface area contributed by atoms with Gasteiger partial charge in [-0.2, -0.15) is 0 Å². The summed E-state index contributed by atoms with van der Waals surface area (Å²) in [6.07, 6.45) is 0. The van der Waals surface area contributed by atoms with Gasteiger partial charge in [0, 0.05) is 0 Å². The highest BCUT2D eigenvalue weighted by Gasteiger charge is 2.19. The lowest BCUT2D eigenvalue weighted by molar-refractivity contribution is 0.591. The van der Waals surface area contributed by atoms with E-state index < -0.39 is 0 Å². The van der Waals surface area contributed by atoms with Gasteiger partial charge < -0.3 is 0 Å². The molecule has 0 aliphatic heterocycles. The molecule has 0 spiro atoms. The second-order valence-electron chi connectivity index (χ2n) is 38.6. The van der Waals surface area contributed by atoms with E-state index in [4.69, 9.17) is 0 Å². The van der Waals surface area contributed by atoms with E-state index in [0.29, 0.717) is 0 Å². The van der Waals surface area contributed by atoms with Crippen LogP contribution in [0.15, 0.2) is 467 Å². The lowest BCUT2D eigenvalue weighted by Crippen LogP contribution is -2.10. The van der Waals surface area contributed by atoms with Crippen molar-refractivity contribution in [3.8, 4) is 11.1 Å². The Labute approximate surface area is 808 Å². The van der Waals surface area contributed by atoms with Crippen molar-refractivity contribution in [2.75, 3.05) is 0 Å². The van der Waals surface area contributed by atoms with E-state index in [1.54, 1.807) is 0 Å². The van der Waals surface area contributed by atoms with Gasteiger partial charge in [0.05, 0.1) is 0 Å². The molecule has 28 aromatic carbocycles. The van der Waals surface area contributed by atoms with Crippen LogP contribution >= 0.6 is 0 Å². The van der Waals surface area contributed by atoms with Crippen molar-refractivity contribution in [3.05, 3.63) is 517 Å². The molecular weight excluding hydrogens is 1660 g/mol. The molecule has 28 aromatic rings. The Morgan fingerprint density at radius 2 is 0.442 bits per heavy atom. The topological polar surface area (TPSA) is 0 Å². The Morgan fingerprint density at radius 1 is 0.138 bits per heavy atom. The summed E-state index contributed by atoms with van der Waals surface area (Å²) in [4.78, 5) is 0. The summed E-state index contributed by atoms with van der Waals surface area (Å²) >= 11 is 0. The van der Waals surface area contributed by atoms with Gasteiger partial charge in [0.1, 0.15) is 0 Å². The van der Waals surface area contributed by atoms with E-state index in [9.17, 15) is 0 Å². The summed E-state index contributed by atoms with van der Waals surface area (Å²) in [5, 5.41) is 51.3. The van der Waals surface area contributed by atoms with E-state index >= 15 is 0 Å². The maximum absolute atomic E-state index is 2.36. The van der Waals surface area contributed by atoms with Crippen molar-refractivity contribution in [1.29, 1.82) is 0 Å². The van der Waals surface area contributed by atoms with Crippen LogP contribution in [0.1, 0.15) is 70.8 Å². The van der Waals surface area contributed by atoms with Gasteiger partial charge in [-0.3, -0.25) is 0 Å². The zero-order valence-electron chi connectivity index (χ0n) is 80.5. The van der Waals surface area contributed by atoms with E-state index in [2.05, 4.69) is 543 Å². The van der Waals surface area contributed by atoms with Crippen LogP contribution in [0.5, 0.6) is 0 Å². The average Bonchev–Trinajstić information content (AvgIpc) is 0.736. The molecule has 0 saturated carbocycles. The Balaban J connectivity index is 0.0000000943. The fourth-order valence-corrected chi connectivity index (χ4v) is 21.3. The van der Waals surface area contributed by atoms with Crippen molar-refractivity contribution >= 4 is 205 Å². The van der Waals surface area contributed by atoms with E-state index in [1.165, 1.54) is 266 Å². The predicted molar refractivity (Wildman–Crippen MR) is 609 cm³/mol. The number of rotatable bonds is 1. The molecule has 0 heteroatoms. The van der Waals surface area contributed by atoms with Crippen LogP contribution in [-0.4, -0.2) is 0 Å². The minimum atomic E-state index is 0.182. The smallest absolute Gasteiger partial charge is 0.00241 e. The summed E-state index contributed by atoms with van der Waals surface area (Å²) in [6, 6.07) is 168. The fourth-order valence-electron chi connectivity index (χ4n) is 21.3. The first-order chi connectivity index (χ1) is 67.4. The quantitative estimate of drug-likeness (QED) is 0.114. The second-order valence-corrected chi connectivity index (χ2v) is 38.6. The van der Waals surface area contributed by atoms with Crippen LogP contribution in [-0.2, 0) is 5.41 Å². The molecule has 0 bridgehead atoms. The summed E-state index contributed by atoms with van der Waals surface area (Å²) in [5.41, 5.74) is 15.0. The zero-order valence-corrected chi connectivity index (χ0v) is 80.5. The van der Waals surface area contributed by atoms with Crippen molar-refractivity contribution in [2.45, 2.75) is 81.6 Å². The highest BCUT2D eigenvalue weighted by Crippen LogP contribution is 2.44. The zero-order chi connectivity index (χ0) is 94.2. The van der Waals surface area contributed by atoms with Crippen LogP contribution in [0.25, 0.3) is 216 Å². The number of aryl methyl sites for hydroxylation is 8. The third-order valence-electron chi connectivity index (χ3n) is 28.3. The average molecular weight is 1770 g/mol. The normalized spacial score (nSPS) is 11.4.